The van der Waals surface area contributed by atoms with Crippen molar-refractivity contribution in [3.8, 4) is 0 Å². The molecule has 0 aromatic heterocycles. The van der Waals surface area contributed by atoms with E-state index >= 15 is 0 Å². The number of carbonyl (C=O) groups is 1. The molecule has 0 amide bonds. The third-order valence-electron chi connectivity index (χ3n) is 1.76. The van der Waals surface area contributed by atoms with Crippen LogP contribution >= 0.6 is 0 Å². The van der Waals surface area contributed by atoms with Crippen LogP contribution in [0.2, 0.25) is 0 Å². The monoisotopic (exact) mass is 204 g/mol. The van der Waals surface area contributed by atoms with Crippen molar-refractivity contribution in [3.63, 3.8) is 0 Å². The standard InChI is InChI=1S/C11H12N2O2/c1-2-11(15)10(8-14)13-12-9-6-4-3-5-7-9/h3-8,14H,2H2,1H3. The van der Waals surface area contributed by atoms with E-state index in [0.717, 1.165) is 0 Å². The zero-order valence-electron chi connectivity index (χ0n) is 8.42. The van der Waals surface area contributed by atoms with Gasteiger partial charge in [0.1, 0.15) is 6.26 Å². The van der Waals surface area contributed by atoms with E-state index in [1.54, 1.807) is 19.1 Å². The van der Waals surface area contributed by atoms with Crippen LogP contribution in [0.5, 0.6) is 0 Å². The molecule has 78 valence electrons. The van der Waals surface area contributed by atoms with Gasteiger partial charge in [-0.15, -0.1) is 5.11 Å². The first-order valence-corrected chi connectivity index (χ1v) is 4.62. The minimum Gasteiger partial charge on any atom is -0.513 e. The molecule has 0 atom stereocenters. The first-order valence-electron chi connectivity index (χ1n) is 4.62. The Bertz CT molecular complexity index is 383. The van der Waals surface area contributed by atoms with E-state index in [2.05, 4.69) is 10.2 Å². The molecular weight excluding hydrogens is 192 g/mol. The molecule has 0 aliphatic rings. The van der Waals surface area contributed by atoms with Crippen LogP contribution < -0.4 is 0 Å². The summed E-state index contributed by atoms with van der Waals surface area (Å²) in [6.07, 6.45) is 0.971. The quantitative estimate of drug-likeness (QED) is 0.465. The van der Waals surface area contributed by atoms with E-state index in [-0.39, 0.29) is 11.5 Å². The van der Waals surface area contributed by atoms with Gasteiger partial charge in [0.15, 0.2) is 11.5 Å². The topological polar surface area (TPSA) is 62.0 Å². The van der Waals surface area contributed by atoms with E-state index in [4.69, 9.17) is 5.11 Å². The molecule has 0 aliphatic heterocycles. The van der Waals surface area contributed by atoms with Crippen molar-refractivity contribution in [2.75, 3.05) is 0 Å². The minimum absolute atomic E-state index is 0.0265. The van der Waals surface area contributed by atoms with Crippen molar-refractivity contribution in [2.45, 2.75) is 13.3 Å². The van der Waals surface area contributed by atoms with E-state index in [1.165, 1.54) is 0 Å². The van der Waals surface area contributed by atoms with Gasteiger partial charge in [-0.1, -0.05) is 25.1 Å². The van der Waals surface area contributed by atoms with Crippen LogP contribution in [0.25, 0.3) is 0 Å². The maximum absolute atomic E-state index is 11.2. The zero-order valence-corrected chi connectivity index (χ0v) is 8.42. The predicted molar refractivity (Wildman–Crippen MR) is 57.0 cm³/mol. The number of ketones is 1. The van der Waals surface area contributed by atoms with E-state index in [9.17, 15) is 4.79 Å². The smallest absolute Gasteiger partial charge is 0.185 e. The first-order chi connectivity index (χ1) is 7.27. The maximum atomic E-state index is 11.2. The Hall–Kier alpha value is -1.97. The predicted octanol–water partition coefficient (Wildman–Crippen LogP) is 3.15. The summed E-state index contributed by atoms with van der Waals surface area (Å²) in [5.41, 5.74) is 0.613. The molecule has 1 aromatic carbocycles. The Morgan fingerprint density at radius 3 is 2.60 bits per heavy atom. The van der Waals surface area contributed by atoms with Crippen LogP contribution in [0.4, 0.5) is 5.69 Å². The van der Waals surface area contributed by atoms with Gasteiger partial charge in [-0.3, -0.25) is 4.79 Å². The van der Waals surface area contributed by atoms with E-state index in [1.807, 2.05) is 18.2 Å². The van der Waals surface area contributed by atoms with Gasteiger partial charge in [0, 0.05) is 6.42 Å². The minimum atomic E-state index is -0.239. The third kappa shape index (κ3) is 3.34. The SMILES string of the molecule is CCC(=O)C(=CO)N=Nc1ccccc1. The lowest BCUT2D eigenvalue weighted by Gasteiger charge is -1.94. The van der Waals surface area contributed by atoms with Crippen molar-refractivity contribution in [1.29, 1.82) is 0 Å². The van der Waals surface area contributed by atoms with Crippen LogP contribution in [0.1, 0.15) is 13.3 Å². The number of azo groups is 1. The number of carbonyl (C=O) groups excluding carboxylic acids is 1. The van der Waals surface area contributed by atoms with Crippen LogP contribution in [0.3, 0.4) is 0 Å². The van der Waals surface area contributed by atoms with E-state index in [0.29, 0.717) is 18.4 Å². The van der Waals surface area contributed by atoms with Gasteiger partial charge in [-0.25, -0.2) is 0 Å². The highest BCUT2D eigenvalue weighted by molar-refractivity contribution is 5.94. The van der Waals surface area contributed by atoms with Gasteiger partial charge < -0.3 is 5.11 Å². The summed E-state index contributed by atoms with van der Waals surface area (Å²) in [5, 5.41) is 16.3. The molecular formula is C11H12N2O2. The highest BCUT2D eigenvalue weighted by atomic mass is 16.2. The van der Waals surface area contributed by atoms with Crippen molar-refractivity contribution in [1.82, 2.24) is 0 Å². The second kappa shape index (κ2) is 5.70. The number of hydrogen-bond donors (Lipinski definition) is 1. The Kier molecular flexibility index (Phi) is 4.22. The van der Waals surface area contributed by atoms with Gasteiger partial charge in [-0.2, -0.15) is 5.11 Å². The number of nitrogens with zero attached hydrogens (tertiary/aromatic N) is 2. The fraction of sp³-hybridized carbons (Fsp3) is 0.182. The van der Waals surface area contributed by atoms with Crippen LogP contribution in [-0.4, -0.2) is 10.9 Å². The molecule has 15 heavy (non-hydrogen) atoms. The Morgan fingerprint density at radius 1 is 1.40 bits per heavy atom. The van der Waals surface area contributed by atoms with Crippen molar-refractivity contribution in [2.24, 2.45) is 10.2 Å². The number of rotatable bonds is 4. The number of aliphatic hydroxyl groups is 1. The second-order valence-corrected chi connectivity index (χ2v) is 2.83. The Balaban J connectivity index is 2.77. The summed E-state index contributed by atoms with van der Waals surface area (Å²) >= 11 is 0. The summed E-state index contributed by atoms with van der Waals surface area (Å²) in [4.78, 5) is 11.2. The lowest BCUT2D eigenvalue weighted by Crippen LogP contribution is -1.97. The van der Waals surface area contributed by atoms with E-state index < -0.39 is 0 Å². The molecule has 0 spiro atoms. The number of hydrogen-bond acceptors (Lipinski definition) is 4. The highest BCUT2D eigenvalue weighted by Crippen LogP contribution is 2.12. The first kappa shape index (κ1) is 11.1. The number of benzene rings is 1. The fourth-order valence-electron chi connectivity index (χ4n) is 0.941. The molecule has 0 fully saturated rings. The van der Waals surface area contributed by atoms with Gasteiger partial charge in [-0.05, 0) is 12.1 Å². The molecule has 4 heteroatoms. The second-order valence-electron chi connectivity index (χ2n) is 2.83. The molecule has 0 aliphatic carbocycles. The molecule has 1 aromatic rings. The van der Waals surface area contributed by atoms with Gasteiger partial charge in [0.05, 0.1) is 5.69 Å². The lowest BCUT2D eigenvalue weighted by molar-refractivity contribution is -0.115. The van der Waals surface area contributed by atoms with Crippen molar-refractivity contribution in [3.05, 3.63) is 42.3 Å². The van der Waals surface area contributed by atoms with Gasteiger partial charge in [0.2, 0.25) is 0 Å². The molecule has 0 saturated carbocycles. The average Bonchev–Trinajstić information content (AvgIpc) is 2.31. The average molecular weight is 204 g/mol. The van der Waals surface area contributed by atoms with Crippen LogP contribution in [0.15, 0.2) is 52.5 Å². The number of Topliss-reactive ketones (excluding diaryl/α,β-unsaturated/α-hetero) is 1. The highest BCUT2D eigenvalue weighted by Gasteiger charge is 2.05. The summed E-state index contributed by atoms with van der Waals surface area (Å²) < 4.78 is 0. The Labute approximate surface area is 88.0 Å². The zero-order chi connectivity index (χ0) is 11.1. The fourth-order valence-corrected chi connectivity index (χ4v) is 0.941. The molecule has 1 N–H and O–H groups in total. The van der Waals surface area contributed by atoms with Crippen LogP contribution in [0, 0.1) is 0 Å². The molecule has 0 saturated heterocycles. The lowest BCUT2D eigenvalue weighted by atomic mass is 10.2. The van der Waals surface area contributed by atoms with Crippen molar-refractivity contribution < 1.29 is 9.90 Å². The number of aliphatic hydroxyl groups excluding tert-OH is 1. The molecule has 0 unspecified atom stereocenters. The summed E-state index contributed by atoms with van der Waals surface area (Å²) in [5.74, 6) is -0.239. The summed E-state index contributed by atoms with van der Waals surface area (Å²) in [6, 6.07) is 9.01. The van der Waals surface area contributed by atoms with Gasteiger partial charge >= 0.3 is 0 Å². The van der Waals surface area contributed by atoms with Crippen LogP contribution in [-0.2, 0) is 4.79 Å². The molecule has 0 radical (unpaired) electrons. The maximum Gasteiger partial charge on any atom is 0.185 e. The molecule has 1 rings (SSSR count). The normalized spacial score (nSPS) is 11.9. The Morgan fingerprint density at radius 2 is 2.07 bits per heavy atom. The van der Waals surface area contributed by atoms with Crippen molar-refractivity contribution >= 4 is 11.5 Å². The largest absolute Gasteiger partial charge is 0.513 e. The summed E-state index contributed by atoms with van der Waals surface area (Å²) in [6.45, 7) is 1.70. The number of allylic oxidation sites excluding steroid dienone is 1. The molecule has 0 bridgehead atoms. The third-order valence-corrected chi connectivity index (χ3v) is 1.76. The molecule has 4 nitrogen and oxygen atoms in total. The van der Waals surface area contributed by atoms with Gasteiger partial charge in [0.25, 0.3) is 0 Å². The molecule has 0 heterocycles. The summed E-state index contributed by atoms with van der Waals surface area (Å²) in [7, 11) is 0.